The Balaban J connectivity index is 1.35. The predicted octanol–water partition coefficient (Wildman–Crippen LogP) is 0.758. The highest BCUT2D eigenvalue weighted by atomic mass is 35.5. The number of carbonyl (C=O) groups is 1. The van der Waals surface area contributed by atoms with Crippen molar-refractivity contribution >= 4 is 23.2 Å². The third-order valence-corrected chi connectivity index (χ3v) is 5.52. The van der Waals surface area contributed by atoms with Crippen LogP contribution in [0, 0.1) is 13.8 Å². The minimum absolute atomic E-state index is 0.0940. The third kappa shape index (κ3) is 6.23. The number of anilines is 1. The summed E-state index contributed by atoms with van der Waals surface area (Å²) < 4.78 is 5.79. The van der Waals surface area contributed by atoms with Crippen LogP contribution in [0.1, 0.15) is 11.1 Å². The summed E-state index contributed by atoms with van der Waals surface area (Å²) in [6.07, 6.45) is 0. The summed E-state index contributed by atoms with van der Waals surface area (Å²) >= 11 is 5.89. The van der Waals surface area contributed by atoms with E-state index >= 15 is 0 Å². The van der Waals surface area contributed by atoms with E-state index in [1.807, 2.05) is 43.3 Å². The zero-order chi connectivity index (χ0) is 19.9. The molecule has 1 fully saturated rings. The fourth-order valence-corrected chi connectivity index (χ4v) is 3.73. The quantitative estimate of drug-likeness (QED) is 0.639. The van der Waals surface area contributed by atoms with Gasteiger partial charge in [-0.2, -0.15) is 0 Å². The Bertz CT molecular complexity index is 787. The molecule has 0 aromatic heterocycles. The van der Waals surface area contributed by atoms with Crippen LogP contribution in [0.2, 0.25) is 5.02 Å². The van der Waals surface area contributed by atoms with Crippen LogP contribution in [-0.2, 0) is 4.79 Å². The Morgan fingerprint density at radius 3 is 2.39 bits per heavy atom. The summed E-state index contributed by atoms with van der Waals surface area (Å²) in [7, 11) is 0. The maximum Gasteiger partial charge on any atom is 0.279 e. The molecule has 1 aliphatic rings. The molecule has 1 saturated heterocycles. The molecule has 3 rings (SSSR count). The smallest absolute Gasteiger partial charge is 0.279 e. The zero-order valence-corrected chi connectivity index (χ0v) is 17.4. The lowest BCUT2D eigenvalue weighted by Crippen LogP contribution is -3.28. The van der Waals surface area contributed by atoms with Gasteiger partial charge in [0.2, 0.25) is 0 Å². The van der Waals surface area contributed by atoms with Crippen LogP contribution in [0.3, 0.4) is 0 Å². The second-order valence-electron chi connectivity index (χ2n) is 7.60. The molecule has 6 heteroatoms. The van der Waals surface area contributed by atoms with Crippen molar-refractivity contribution in [2.75, 3.05) is 51.2 Å². The first-order chi connectivity index (χ1) is 13.5. The molecule has 0 saturated carbocycles. The molecule has 0 bridgehead atoms. The van der Waals surface area contributed by atoms with Gasteiger partial charge in [0.1, 0.15) is 45.1 Å². The van der Waals surface area contributed by atoms with Crippen LogP contribution in [0.5, 0.6) is 5.75 Å². The first-order valence-electron chi connectivity index (χ1n) is 9.92. The van der Waals surface area contributed by atoms with Crippen molar-refractivity contribution in [2.24, 2.45) is 0 Å². The van der Waals surface area contributed by atoms with Gasteiger partial charge in [0, 0.05) is 10.7 Å². The van der Waals surface area contributed by atoms with Gasteiger partial charge in [0.05, 0.1) is 0 Å². The molecule has 3 N–H and O–H groups in total. The number of hydrogen-bond donors (Lipinski definition) is 3. The fraction of sp³-hybridized carbons (Fsp3) is 0.409. The van der Waals surface area contributed by atoms with Crippen molar-refractivity contribution in [3.05, 3.63) is 58.6 Å². The highest BCUT2D eigenvalue weighted by Gasteiger charge is 2.24. The summed E-state index contributed by atoms with van der Waals surface area (Å²) in [4.78, 5) is 15.3. The molecule has 5 nitrogen and oxygen atoms in total. The molecular formula is C22H30ClN3O2+2. The molecule has 2 aromatic carbocycles. The van der Waals surface area contributed by atoms with Gasteiger partial charge in [-0.25, -0.2) is 0 Å². The summed E-state index contributed by atoms with van der Waals surface area (Å²) in [5, 5.41) is 3.78. The van der Waals surface area contributed by atoms with Crippen molar-refractivity contribution in [1.29, 1.82) is 0 Å². The lowest BCUT2D eigenvalue weighted by molar-refractivity contribution is -1.01. The van der Waals surface area contributed by atoms with Crippen LogP contribution in [0.4, 0.5) is 5.69 Å². The summed E-state index contributed by atoms with van der Waals surface area (Å²) in [5.41, 5.74) is 3.23. The van der Waals surface area contributed by atoms with Crippen LogP contribution >= 0.6 is 11.6 Å². The number of aryl methyl sites for hydroxylation is 2. The number of halogens is 1. The van der Waals surface area contributed by atoms with Gasteiger partial charge < -0.3 is 19.9 Å². The van der Waals surface area contributed by atoms with Crippen molar-refractivity contribution in [1.82, 2.24) is 0 Å². The standard InChI is InChI=1S/C22H28ClN3O2/c1-17-3-8-21(18(2)15-17)24-22(27)16-26-11-9-25(10-12-26)13-14-28-20-6-4-19(23)5-7-20/h3-8,15H,9-14,16H2,1-2H3,(H,24,27)/p+2. The van der Waals surface area contributed by atoms with E-state index in [0.717, 1.165) is 54.7 Å². The first kappa shape index (κ1) is 20.6. The number of benzene rings is 2. The molecule has 1 heterocycles. The Labute approximate surface area is 172 Å². The van der Waals surface area contributed by atoms with Gasteiger partial charge in [-0.1, -0.05) is 29.3 Å². The van der Waals surface area contributed by atoms with Crippen molar-refractivity contribution in [3.8, 4) is 5.75 Å². The van der Waals surface area contributed by atoms with Gasteiger partial charge in [-0.05, 0) is 49.7 Å². The molecule has 0 atom stereocenters. The van der Waals surface area contributed by atoms with Crippen molar-refractivity contribution in [3.63, 3.8) is 0 Å². The molecule has 0 radical (unpaired) electrons. The lowest BCUT2D eigenvalue weighted by atomic mass is 10.1. The number of carbonyl (C=O) groups excluding carboxylic acids is 1. The van der Waals surface area contributed by atoms with E-state index in [4.69, 9.17) is 16.3 Å². The minimum atomic E-state index is 0.0940. The van der Waals surface area contributed by atoms with Crippen molar-refractivity contribution in [2.45, 2.75) is 13.8 Å². The number of hydrogen-bond acceptors (Lipinski definition) is 2. The summed E-state index contributed by atoms with van der Waals surface area (Å²) in [5.74, 6) is 0.951. The van der Waals surface area contributed by atoms with Gasteiger partial charge in [-0.15, -0.1) is 0 Å². The van der Waals surface area contributed by atoms with Crippen molar-refractivity contribution < 1.29 is 19.3 Å². The number of nitrogens with one attached hydrogen (secondary N) is 3. The van der Waals surface area contributed by atoms with E-state index < -0.39 is 0 Å². The molecule has 1 amide bonds. The van der Waals surface area contributed by atoms with Gasteiger partial charge in [-0.3, -0.25) is 4.79 Å². The largest absolute Gasteiger partial charge is 0.488 e. The van der Waals surface area contributed by atoms with E-state index in [9.17, 15) is 4.79 Å². The average Bonchev–Trinajstić information content (AvgIpc) is 2.67. The topological polar surface area (TPSA) is 47.2 Å². The number of rotatable bonds is 7. The van der Waals surface area contributed by atoms with Crippen LogP contribution in [-0.4, -0.2) is 51.8 Å². The zero-order valence-electron chi connectivity index (χ0n) is 16.7. The molecule has 2 aromatic rings. The number of ether oxygens (including phenoxy) is 1. The third-order valence-electron chi connectivity index (χ3n) is 5.27. The minimum Gasteiger partial charge on any atom is -0.488 e. The Morgan fingerprint density at radius 1 is 1.04 bits per heavy atom. The van der Waals surface area contributed by atoms with E-state index in [1.54, 1.807) is 0 Å². The number of amides is 1. The van der Waals surface area contributed by atoms with Gasteiger partial charge in [0.25, 0.3) is 5.91 Å². The van der Waals surface area contributed by atoms with E-state index in [1.165, 1.54) is 15.4 Å². The molecule has 150 valence electrons. The normalized spacial score (nSPS) is 19.2. The lowest BCUT2D eigenvalue weighted by Gasteiger charge is -2.29. The second kappa shape index (κ2) is 9.92. The molecule has 28 heavy (non-hydrogen) atoms. The maximum absolute atomic E-state index is 12.4. The molecule has 0 aliphatic carbocycles. The van der Waals surface area contributed by atoms with E-state index in [-0.39, 0.29) is 5.91 Å². The van der Waals surface area contributed by atoms with Crippen LogP contribution in [0.15, 0.2) is 42.5 Å². The first-order valence-corrected chi connectivity index (χ1v) is 10.3. The van der Waals surface area contributed by atoms with Gasteiger partial charge >= 0.3 is 0 Å². The number of piperazine rings is 1. The Kier molecular flexibility index (Phi) is 7.31. The predicted molar refractivity (Wildman–Crippen MR) is 113 cm³/mol. The molecular weight excluding hydrogens is 374 g/mol. The fourth-order valence-electron chi connectivity index (χ4n) is 3.60. The number of quaternary nitrogens is 2. The SMILES string of the molecule is Cc1ccc(NC(=O)C[NH+]2CC[NH+](CCOc3ccc(Cl)cc3)CC2)c(C)c1. The molecule has 0 unspecified atom stereocenters. The molecule has 0 spiro atoms. The van der Waals surface area contributed by atoms with Gasteiger partial charge in [0.15, 0.2) is 6.54 Å². The Morgan fingerprint density at radius 2 is 1.71 bits per heavy atom. The summed E-state index contributed by atoms with van der Waals surface area (Å²) in [6.45, 7) is 10.4. The van der Waals surface area contributed by atoms with E-state index in [0.29, 0.717) is 13.2 Å². The highest BCUT2D eigenvalue weighted by molar-refractivity contribution is 6.30. The van der Waals surface area contributed by atoms with Crippen LogP contribution in [0.25, 0.3) is 0 Å². The van der Waals surface area contributed by atoms with E-state index in [2.05, 4.69) is 18.3 Å². The second-order valence-corrected chi connectivity index (χ2v) is 8.03. The maximum atomic E-state index is 12.4. The van der Waals surface area contributed by atoms with Crippen LogP contribution < -0.4 is 19.9 Å². The monoisotopic (exact) mass is 403 g/mol. The highest BCUT2D eigenvalue weighted by Crippen LogP contribution is 2.16. The average molecular weight is 404 g/mol. The Hall–Kier alpha value is -2.08. The summed E-state index contributed by atoms with van der Waals surface area (Å²) in [6, 6.07) is 13.6. The molecule has 1 aliphatic heterocycles.